The van der Waals surface area contributed by atoms with Crippen LogP contribution in [0.4, 0.5) is 13.2 Å². The lowest BCUT2D eigenvalue weighted by atomic mass is 9.95. The van der Waals surface area contributed by atoms with Crippen molar-refractivity contribution in [2.75, 3.05) is 7.11 Å². The first-order valence-corrected chi connectivity index (χ1v) is 13.6. The van der Waals surface area contributed by atoms with Crippen LogP contribution in [0.15, 0.2) is 83.8 Å². The van der Waals surface area contributed by atoms with E-state index in [1.165, 1.54) is 49.1 Å². The van der Waals surface area contributed by atoms with Gasteiger partial charge in [0.05, 0.1) is 30.4 Å². The third-order valence-corrected chi connectivity index (χ3v) is 7.32. The van der Waals surface area contributed by atoms with Gasteiger partial charge in [-0.05, 0) is 53.9 Å². The number of pyridine rings is 1. The summed E-state index contributed by atoms with van der Waals surface area (Å²) in [6.07, 6.45) is -3.20. The number of ether oxygens (including phenoxy) is 1. The Labute approximate surface area is 248 Å². The van der Waals surface area contributed by atoms with Gasteiger partial charge >= 0.3 is 6.18 Å². The number of aromatic amines is 1. The van der Waals surface area contributed by atoms with Crippen molar-refractivity contribution in [1.82, 2.24) is 14.5 Å². The van der Waals surface area contributed by atoms with Crippen LogP contribution >= 0.6 is 11.6 Å². The molecule has 11 heteroatoms. The Bertz CT molecular complexity index is 1900. The first kappa shape index (κ1) is 29.8. The third kappa shape index (κ3) is 6.39. The van der Waals surface area contributed by atoms with Crippen LogP contribution in [0.25, 0.3) is 22.2 Å². The molecule has 43 heavy (non-hydrogen) atoms. The van der Waals surface area contributed by atoms with E-state index in [9.17, 15) is 27.6 Å². The molecular formula is C32H25ClF3N3O4. The predicted molar refractivity (Wildman–Crippen MR) is 157 cm³/mol. The van der Waals surface area contributed by atoms with Crippen molar-refractivity contribution in [1.29, 1.82) is 0 Å². The molecule has 0 radical (unpaired) electrons. The van der Waals surface area contributed by atoms with Crippen LogP contribution in [-0.4, -0.2) is 33.2 Å². The highest BCUT2D eigenvalue weighted by molar-refractivity contribution is 6.31. The number of carbonyl (C=O) groups is 2. The average Bonchev–Trinajstić information content (AvgIpc) is 3.41. The molecule has 2 aromatic heterocycles. The number of fused-ring (bicyclic) bond motifs is 1. The fourth-order valence-electron chi connectivity index (χ4n) is 5.02. The van der Waals surface area contributed by atoms with E-state index >= 15 is 0 Å². The maximum atomic E-state index is 13.8. The molecule has 3 aromatic carbocycles. The number of nitrogens with zero attached hydrogens (tertiary/aromatic N) is 2. The van der Waals surface area contributed by atoms with Gasteiger partial charge in [0.15, 0.2) is 11.6 Å². The smallest absolute Gasteiger partial charge is 0.449 e. The molecule has 0 spiro atoms. The molecule has 2 heterocycles. The number of hydrogen-bond donors (Lipinski definition) is 1. The van der Waals surface area contributed by atoms with E-state index in [0.29, 0.717) is 27.3 Å². The normalized spacial score (nSPS) is 12.3. The summed E-state index contributed by atoms with van der Waals surface area (Å²) in [7, 11) is 1.41. The van der Waals surface area contributed by atoms with E-state index in [1.807, 2.05) is 30.3 Å². The maximum Gasteiger partial charge on any atom is 0.449 e. The highest BCUT2D eigenvalue weighted by Crippen LogP contribution is 2.34. The molecule has 1 unspecified atom stereocenters. The molecule has 5 aromatic rings. The van der Waals surface area contributed by atoms with Gasteiger partial charge in [0.2, 0.25) is 5.82 Å². The van der Waals surface area contributed by atoms with Crippen LogP contribution in [0.5, 0.6) is 5.75 Å². The first-order valence-electron chi connectivity index (χ1n) is 13.2. The van der Waals surface area contributed by atoms with Crippen molar-refractivity contribution in [2.45, 2.75) is 32.0 Å². The number of halogens is 4. The molecule has 0 aliphatic heterocycles. The second-order valence-electron chi connectivity index (χ2n) is 10.0. The van der Waals surface area contributed by atoms with Crippen LogP contribution in [0.1, 0.15) is 40.3 Å². The van der Waals surface area contributed by atoms with Gasteiger partial charge in [0, 0.05) is 35.1 Å². The Morgan fingerprint density at radius 2 is 1.74 bits per heavy atom. The number of Topliss-reactive ketones (excluding diaryl/α,β-unsaturated/α-hetero) is 2. The van der Waals surface area contributed by atoms with Crippen LogP contribution in [-0.2, 0) is 23.8 Å². The number of aromatic nitrogens is 3. The van der Waals surface area contributed by atoms with Crippen molar-refractivity contribution >= 4 is 34.2 Å². The van der Waals surface area contributed by atoms with Gasteiger partial charge in [-0.3, -0.25) is 14.4 Å². The molecule has 0 saturated heterocycles. The van der Waals surface area contributed by atoms with Gasteiger partial charge < -0.3 is 14.3 Å². The largest absolute Gasteiger partial charge is 0.495 e. The van der Waals surface area contributed by atoms with Gasteiger partial charge in [0.25, 0.3) is 5.56 Å². The van der Waals surface area contributed by atoms with Crippen molar-refractivity contribution < 1.29 is 27.5 Å². The Morgan fingerprint density at radius 1 is 1.00 bits per heavy atom. The zero-order valence-corrected chi connectivity index (χ0v) is 23.8. The summed E-state index contributed by atoms with van der Waals surface area (Å²) in [4.78, 5) is 45.6. The van der Waals surface area contributed by atoms with Gasteiger partial charge in [-0.2, -0.15) is 13.2 Å². The molecule has 0 aliphatic rings. The lowest BCUT2D eigenvalue weighted by Crippen LogP contribution is -2.32. The third-order valence-electron chi connectivity index (χ3n) is 7.09. The van der Waals surface area contributed by atoms with E-state index in [1.54, 1.807) is 18.2 Å². The lowest BCUT2D eigenvalue weighted by molar-refractivity contribution is -0.144. The first-order chi connectivity index (χ1) is 20.4. The maximum absolute atomic E-state index is 13.8. The minimum absolute atomic E-state index is 0.117. The van der Waals surface area contributed by atoms with Crippen LogP contribution in [0, 0.1) is 0 Å². The van der Waals surface area contributed by atoms with Gasteiger partial charge in [-0.15, -0.1) is 0 Å². The minimum Gasteiger partial charge on any atom is -0.495 e. The monoisotopic (exact) mass is 607 g/mol. The number of hydrogen-bond acceptors (Lipinski definition) is 5. The molecule has 0 aliphatic carbocycles. The van der Waals surface area contributed by atoms with Crippen molar-refractivity contribution in [3.63, 3.8) is 0 Å². The highest BCUT2D eigenvalue weighted by atomic mass is 35.5. The number of H-pyrrole nitrogens is 1. The van der Waals surface area contributed by atoms with E-state index < -0.39 is 23.6 Å². The van der Waals surface area contributed by atoms with Gasteiger partial charge in [-0.1, -0.05) is 48.0 Å². The number of rotatable bonds is 9. The summed E-state index contributed by atoms with van der Waals surface area (Å²) in [6, 6.07) is 18.6. The van der Waals surface area contributed by atoms with Crippen molar-refractivity contribution in [2.24, 2.45) is 0 Å². The van der Waals surface area contributed by atoms with Crippen molar-refractivity contribution in [3.05, 3.63) is 117 Å². The van der Waals surface area contributed by atoms with E-state index in [2.05, 4.69) is 9.97 Å². The highest BCUT2D eigenvalue weighted by Gasteiger charge is 2.34. The van der Waals surface area contributed by atoms with Gasteiger partial charge in [-0.25, -0.2) is 4.98 Å². The summed E-state index contributed by atoms with van der Waals surface area (Å²) in [6.45, 7) is 1.40. The summed E-state index contributed by atoms with van der Waals surface area (Å²) in [5.41, 5.74) is 2.09. The van der Waals surface area contributed by atoms with E-state index in [4.69, 9.17) is 16.3 Å². The molecule has 0 bridgehead atoms. The zero-order chi connectivity index (χ0) is 30.9. The number of alkyl halides is 3. The number of imidazole rings is 1. The van der Waals surface area contributed by atoms with E-state index in [0.717, 1.165) is 5.56 Å². The van der Waals surface area contributed by atoms with Crippen LogP contribution in [0.3, 0.4) is 0 Å². The molecule has 5 rings (SSSR count). The number of benzene rings is 3. The Hall–Kier alpha value is -4.70. The van der Waals surface area contributed by atoms with Gasteiger partial charge in [0.1, 0.15) is 5.75 Å². The summed E-state index contributed by atoms with van der Waals surface area (Å²) >= 11 is 6.22. The number of carbonyl (C=O) groups excluding carboxylic acids is 2. The van der Waals surface area contributed by atoms with Crippen LogP contribution in [0.2, 0.25) is 5.02 Å². The molecular weight excluding hydrogens is 583 g/mol. The second-order valence-corrected chi connectivity index (χ2v) is 10.5. The SMILES string of the molecule is COc1cn(C(Cc2ccccc2)C(=O)Cc2ccc3nc(C(F)(F)F)[nH]c3c2)c(=O)cc1-c1cc(Cl)ccc1C(C)=O. The fourth-order valence-corrected chi connectivity index (χ4v) is 5.19. The molecule has 1 atom stereocenters. The topological polar surface area (TPSA) is 94.1 Å². The summed E-state index contributed by atoms with van der Waals surface area (Å²) in [5.74, 6) is -1.46. The standard InChI is InChI=1S/C32H25ClF3N3O4/c1-18(40)22-10-9-21(33)15-23(22)24-16-30(42)39(17-29(24)43-2)27(13-19-6-4-3-5-7-19)28(41)14-20-8-11-25-26(12-20)38-31(37-25)32(34,35)36/h3-12,15-17,27H,13-14H2,1-2H3,(H,37,38). The fraction of sp³-hybridized carbons (Fsp3) is 0.188. The summed E-state index contributed by atoms with van der Waals surface area (Å²) < 4.78 is 46.3. The Morgan fingerprint density at radius 3 is 2.42 bits per heavy atom. The van der Waals surface area contributed by atoms with Crippen LogP contribution < -0.4 is 10.3 Å². The van der Waals surface area contributed by atoms with E-state index in [-0.39, 0.29) is 41.2 Å². The Balaban J connectivity index is 1.56. The predicted octanol–water partition coefficient (Wildman–Crippen LogP) is 6.87. The molecule has 0 amide bonds. The molecule has 220 valence electrons. The Kier molecular flexibility index (Phi) is 8.23. The molecule has 7 nitrogen and oxygen atoms in total. The number of ketones is 2. The van der Waals surface area contributed by atoms with Crippen molar-refractivity contribution in [3.8, 4) is 16.9 Å². The number of nitrogens with one attached hydrogen (secondary N) is 1. The average molecular weight is 608 g/mol. The quantitative estimate of drug-likeness (QED) is 0.185. The molecule has 0 fully saturated rings. The number of methoxy groups -OCH3 is 1. The summed E-state index contributed by atoms with van der Waals surface area (Å²) in [5, 5.41) is 0.361. The minimum atomic E-state index is -4.64. The second kappa shape index (κ2) is 11.9. The zero-order valence-electron chi connectivity index (χ0n) is 23.0. The molecule has 0 saturated carbocycles. The molecule has 1 N–H and O–H groups in total. The lowest BCUT2D eigenvalue weighted by Gasteiger charge is -2.21.